The van der Waals surface area contributed by atoms with Gasteiger partial charge in [0.05, 0.1) is 6.54 Å². The quantitative estimate of drug-likeness (QED) is 0.914. The van der Waals surface area contributed by atoms with Crippen LogP contribution in [0.25, 0.3) is 11.4 Å². The maximum Gasteiger partial charge on any atom is 0.240 e. The van der Waals surface area contributed by atoms with E-state index in [1.807, 2.05) is 18.2 Å². The van der Waals surface area contributed by atoms with Crippen LogP contribution in [0.1, 0.15) is 37.1 Å². The number of benzene rings is 1. The summed E-state index contributed by atoms with van der Waals surface area (Å²) in [5, 5.41) is 7.55. The number of hydrogen-bond donors (Lipinski definition) is 1. The zero-order valence-corrected chi connectivity index (χ0v) is 11.2. The van der Waals surface area contributed by atoms with Gasteiger partial charge in [0.15, 0.2) is 0 Å². The lowest BCUT2D eigenvalue weighted by molar-refractivity contribution is 0.357. The van der Waals surface area contributed by atoms with Crippen LogP contribution in [0.3, 0.4) is 0 Å². The molecule has 0 unspecified atom stereocenters. The molecule has 0 radical (unpaired) electrons. The van der Waals surface area contributed by atoms with Crippen molar-refractivity contribution in [2.24, 2.45) is 0 Å². The SMILES string of the molecule is Cc1ccccc1-c1noc(CNC2CCCC2)n1. The monoisotopic (exact) mass is 257 g/mol. The summed E-state index contributed by atoms with van der Waals surface area (Å²) < 4.78 is 5.31. The van der Waals surface area contributed by atoms with Gasteiger partial charge in [-0.3, -0.25) is 0 Å². The maximum absolute atomic E-state index is 5.31. The third-order valence-corrected chi connectivity index (χ3v) is 3.75. The predicted molar refractivity (Wildman–Crippen MR) is 73.6 cm³/mol. The molecular weight excluding hydrogens is 238 g/mol. The molecule has 1 saturated carbocycles. The van der Waals surface area contributed by atoms with Crippen molar-refractivity contribution in [1.29, 1.82) is 0 Å². The van der Waals surface area contributed by atoms with Gasteiger partial charge in [-0.2, -0.15) is 4.98 Å². The van der Waals surface area contributed by atoms with E-state index in [2.05, 4.69) is 28.4 Å². The number of hydrogen-bond acceptors (Lipinski definition) is 4. The highest BCUT2D eigenvalue weighted by atomic mass is 16.5. The summed E-state index contributed by atoms with van der Waals surface area (Å²) in [6.45, 7) is 2.73. The molecule has 1 N–H and O–H groups in total. The van der Waals surface area contributed by atoms with Gasteiger partial charge in [-0.15, -0.1) is 0 Å². The molecule has 1 aliphatic rings. The van der Waals surface area contributed by atoms with E-state index in [0.29, 0.717) is 24.3 Å². The van der Waals surface area contributed by atoms with Crippen molar-refractivity contribution in [2.75, 3.05) is 0 Å². The minimum Gasteiger partial charge on any atom is -0.338 e. The van der Waals surface area contributed by atoms with E-state index < -0.39 is 0 Å². The fourth-order valence-corrected chi connectivity index (χ4v) is 2.62. The van der Waals surface area contributed by atoms with Gasteiger partial charge in [0.25, 0.3) is 0 Å². The van der Waals surface area contributed by atoms with Crippen LogP contribution in [0, 0.1) is 6.92 Å². The van der Waals surface area contributed by atoms with E-state index in [-0.39, 0.29) is 0 Å². The Kier molecular flexibility index (Phi) is 3.60. The van der Waals surface area contributed by atoms with E-state index >= 15 is 0 Å². The van der Waals surface area contributed by atoms with Gasteiger partial charge in [-0.1, -0.05) is 42.3 Å². The third kappa shape index (κ3) is 2.84. The van der Waals surface area contributed by atoms with Gasteiger partial charge < -0.3 is 9.84 Å². The Labute approximate surface area is 113 Å². The second kappa shape index (κ2) is 5.53. The van der Waals surface area contributed by atoms with E-state index in [1.54, 1.807) is 0 Å². The minimum absolute atomic E-state index is 0.619. The van der Waals surface area contributed by atoms with Crippen LogP contribution >= 0.6 is 0 Å². The minimum atomic E-state index is 0.619. The Hall–Kier alpha value is -1.68. The summed E-state index contributed by atoms with van der Waals surface area (Å²) in [5.41, 5.74) is 2.21. The molecule has 0 aliphatic heterocycles. The summed E-state index contributed by atoms with van der Waals surface area (Å²) in [4.78, 5) is 4.46. The highest BCUT2D eigenvalue weighted by Crippen LogP contribution is 2.21. The molecule has 1 aliphatic carbocycles. The van der Waals surface area contributed by atoms with Gasteiger partial charge >= 0.3 is 0 Å². The molecule has 0 atom stereocenters. The highest BCUT2D eigenvalue weighted by Gasteiger charge is 2.16. The van der Waals surface area contributed by atoms with E-state index in [1.165, 1.54) is 31.2 Å². The fourth-order valence-electron chi connectivity index (χ4n) is 2.62. The maximum atomic E-state index is 5.31. The Morgan fingerprint density at radius 2 is 2.05 bits per heavy atom. The van der Waals surface area contributed by atoms with Gasteiger partial charge in [0.1, 0.15) is 0 Å². The van der Waals surface area contributed by atoms with Crippen molar-refractivity contribution in [2.45, 2.75) is 45.2 Å². The van der Waals surface area contributed by atoms with Crippen LogP contribution < -0.4 is 5.32 Å². The summed E-state index contributed by atoms with van der Waals surface area (Å²) in [6, 6.07) is 8.71. The largest absolute Gasteiger partial charge is 0.338 e. The molecule has 3 rings (SSSR count). The van der Waals surface area contributed by atoms with Gasteiger partial charge in [-0.05, 0) is 25.3 Å². The molecule has 19 heavy (non-hydrogen) atoms. The summed E-state index contributed by atoms with van der Waals surface area (Å²) >= 11 is 0. The number of nitrogens with one attached hydrogen (secondary N) is 1. The van der Waals surface area contributed by atoms with Crippen LogP contribution in [0.2, 0.25) is 0 Å². The molecule has 1 aromatic carbocycles. The third-order valence-electron chi connectivity index (χ3n) is 3.75. The van der Waals surface area contributed by atoms with Gasteiger partial charge in [0.2, 0.25) is 11.7 Å². The van der Waals surface area contributed by atoms with Crippen molar-refractivity contribution in [3.63, 3.8) is 0 Å². The highest BCUT2D eigenvalue weighted by molar-refractivity contribution is 5.58. The number of aromatic nitrogens is 2. The van der Waals surface area contributed by atoms with E-state index in [9.17, 15) is 0 Å². The molecular formula is C15H19N3O. The molecule has 4 heteroatoms. The fraction of sp³-hybridized carbons (Fsp3) is 0.467. The average Bonchev–Trinajstić information content (AvgIpc) is 3.08. The Balaban J connectivity index is 1.67. The van der Waals surface area contributed by atoms with E-state index in [0.717, 1.165) is 5.56 Å². The number of nitrogens with zero attached hydrogens (tertiary/aromatic N) is 2. The normalized spacial score (nSPS) is 16.1. The number of rotatable bonds is 4. The summed E-state index contributed by atoms with van der Waals surface area (Å²) in [6.07, 6.45) is 5.18. The molecule has 4 nitrogen and oxygen atoms in total. The first-order chi connectivity index (χ1) is 9.33. The van der Waals surface area contributed by atoms with Crippen LogP contribution in [0.5, 0.6) is 0 Å². The molecule has 0 amide bonds. The second-order valence-electron chi connectivity index (χ2n) is 5.19. The molecule has 100 valence electrons. The van der Waals surface area contributed by atoms with E-state index in [4.69, 9.17) is 4.52 Å². The van der Waals surface area contributed by atoms with Crippen molar-refractivity contribution in [3.05, 3.63) is 35.7 Å². The predicted octanol–water partition coefficient (Wildman–Crippen LogP) is 3.08. The molecule has 1 aromatic heterocycles. The lowest BCUT2D eigenvalue weighted by Gasteiger charge is -2.08. The molecule has 0 bridgehead atoms. The smallest absolute Gasteiger partial charge is 0.240 e. The van der Waals surface area contributed by atoms with Crippen molar-refractivity contribution in [1.82, 2.24) is 15.5 Å². The molecule has 2 aromatic rings. The van der Waals surface area contributed by atoms with Crippen LogP contribution in [0.4, 0.5) is 0 Å². The van der Waals surface area contributed by atoms with Crippen LogP contribution in [-0.2, 0) is 6.54 Å². The molecule has 1 fully saturated rings. The standard InChI is InChI=1S/C15H19N3O/c1-11-6-2-5-9-13(11)15-17-14(19-18-15)10-16-12-7-3-4-8-12/h2,5-6,9,12,16H,3-4,7-8,10H2,1H3. The first-order valence-electron chi connectivity index (χ1n) is 6.95. The van der Waals surface area contributed by atoms with Crippen molar-refractivity contribution < 1.29 is 4.52 Å². The molecule has 1 heterocycles. The first kappa shape index (κ1) is 12.4. The zero-order chi connectivity index (χ0) is 13.1. The lowest BCUT2D eigenvalue weighted by Crippen LogP contribution is -2.25. The van der Waals surface area contributed by atoms with Gasteiger partial charge in [0, 0.05) is 11.6 Å². The first-order valence-corrected chi connectivity index (χ1v) is 6.95. The van der Waals surface area contributed by atoms with Crippen LogP contribution in [0.15, 0.2) is 28.8 Å². The summed E-state index contributed by atoms with van der Waals surface area (Å²) in [7, 11) is 0. The molecule has 0 saturated heterocycles. The van der Waals surface area contributed by atoms with Crippen LogP contribution in [-0.4, -0.2) is 16.2 Å². The Morgan fingerprint density at radius 3 is 2.84 bits per heavy atom. The Bertz CT molecular complexity index is 544. The van der Waals surface area contributed by atoms with Crippen molar-refractivity contribution >= 4 is 0 Å². The van der Waals surface area contributed by atoms with Gasteiger partial charge in [-0.25, -0.2) is 0 Å². The van der Waals surface area contributed by atoms with Crippen molar-refractivity contribution in [3.8, 4) is 11.4 Å². The second-order valence-corrected chi connectivity index (χ2v) is 5.19. The zero-order valence-electron chi connectivity index (χ0n) is 11.2. The lowest BCUT2D eigenvalue weighted by atomic mass is 10.1. The Morgan fingerprint density at radius 1 is 1.26 bits per heavy atom. The number of aryl methyl sites for hydroxylation is 1. The molecule has 0 spiro atoms. The average molecular weight is 257 g/mol. The summed E-state index contributed by atoms with van der Waals surface area (Å²) in [5.74, 6) is 1.35. The topological polar surface area (TPSA) is 51.0 Å².